The number of benzene rings is 1. The minimum atomic E-state index is 0.588. The lowest BCUT2D eigenvalue weighted by Crippen LogP contribution is -2.04. The molecule has 0 saturated carbocycles. The van der Waals surface area contributed by atoms with E-state index in [2.05, 4.69) is 50.5 Å². The van der Waals surface area contributed by atoms with Gasteiger partial charge in [-0.15, -0.1) is 5.10 Å². The van der Waals surface area contributed by atoms with Crippen LogP contribution in [0.4, 0.5) is 0 Å². The fourth-order valence-corrected chi connectivity index (χ4v) is 3.08. The van der Waals surface area contributed by atoms with Gasteiger partial charge in [-0.05, 0) is 61.2 Å². The number of hydrogen-bond acceptors (Lipinski definition) is 6. The van der Waals surface area contributed by atoms with Crippen molar-refractivity contribution in [3.05, 3.63) is 77.9 Å². The molecule has 0 spiro atoms. The zero-order chi connectivity index (χ0) is 20.2. The first-order valence-corrected chi connectivity index (χ1v) is 9.25. The van der Waals surface area contributed by atoms with E-state index in [0.717, 1.165) is 38.9 Å². The van der Waals surface area contributed by atoms with Gasteiger partial charge in [-0.1, -0.05) is 23.4 Å². The highest BCUT2D eigenvalue weighted by molar-refractivity contribution is 5.79. The zero-order valence-electron chi connectivity index (χ0n) is 16.4. The van der Waals surface area contributed by atoms with Crippen molar-refractivity contribution in [1.82, 2.24) is 30.3 Å². The van der Waals surface area contributed by atoms with E-state index in [1.54, 1.807) is 13.2 Å². The van der Waals surface area contributed by atoms with Crippen molar-refractivity contribution in [3.8, 4) is 0 Å². The second kappa shape index (κ2) is 8.02. The SMILES string of the molecule is C=N/C(=C\C=C(/C)c1ccc2nnn(Cc3ccc4ncccc4c3)c2n1)NC. The topological polar surface area (TPSA) is 80.9 Å². The lowest BCUT2D eigenvalue weighted by molar-refractivity contribution is 0.664. The van der Waals surface area contributed by atoms with Crippen LogP contribution in [0.2, 0.25) is 0 Å². The molecule has 1 N–H and O–H groups in total. The maximum Gasteiger partial charge on any atom is 0.179 e. The molecule has 0 saturated heterocycles. The number of hydrogen-bond donors (Lipinski definition) is 1. The number of pyridine rings is 2. The number of nitrogens with zero attached hydrogens (tertiary/aromatic N) is 6. The zero-order valence-corrected chi connectivity index (χ0v) is 16.4. The molecule has 7 heteroatoms. The predicted molar refractivity (Wildman–Crippen MR) is 117 cm³/mol. The van der Waals surface area contributed by atoms with E-state index in [0.29, 0.717) is 12.4 Å². The molecule has 0 aliphatic rings. The van der Waals surface area contributed by atoms with Crippen LogP contribution in [0.5, 0.6) is 0 Å². The van der Waals surface area contributed by atoms with Crippen LogP contribution in [0.3, 0.4) is 0 Å². The second-order valence-corrected chi connectivity index (χ2v) is 6.63. The van der Waals surface area contributed by atoms with E-state index in [1.807, 2.05) is 48.0 Å². The van der Waals surface area contributed by atoms with Crippen molar-refractivity contribution >= 4 is 34.4 Å². The summed E-state index contributed by atoms with van der Waals surface area (Å²) in [7, 11) is 1.81. The molecule has 0 aliphatic carbocycles. The van der Waals surface area contributed by atoms with Crippen LogP contribution in [-0.2, 0) is 6.54 Å². The molecule has 144 valence electrons. The van der Waals surface area contributed by atoms with Gasteiger partial charge >= 0.3 is 0 Å². The molecule has 1 aromatic carbocycles. The van der Waals surface area contributed by atoms with Crippen molar-refractivity contribution in [1.29, 1.82) is 0 Å². The van der Waals surface area contributed by atoms with Gasteiger partial charge in [-0.25, -0.2) is 14.7 Å². The molecule has 3 aromatic heterocycles. The fourth-order valence-electron chi connectivity index (χ4n) is 3.08. The molecule has 0 aliphatic heterocycles. The van der Waals surface area contributed by atoms with Crippen LogP contribution >= 0.6 is 0 Å². The average molecular weight is 383 g/mol. The van der Waals surface area contributed by atoms with E-state index < -0.39 is 0 Å². The lowest BCUT2D eigenvalue weighted by atomic mass is 10.1. The largest absolute Gasteiger partial charge is 0.373 e. The number of allylic oxidation sites excluding steroid dienone is 3. The summed E-state index contributed by atoms with van der Waals surface area (Å²) in [5, 5.41) is 12.6. The number of nitrogens with one attached hydrogen (secondary N) is 1. The number of rotatable bonds is 6. The molecule has 0 unspecified atom stereocenters. The lowest BCUT2D eigenvalue weighted by Gasteiger charge is -2.05. The summed E-state index contributed by atoms with van der Waals surface area (Å²) in [6.07, 6.45) is 5.63. The third-order valence-corrected chi connectivity index (χ3v) is 4.68. The summed E-state index contributed by atoms with van der Waals surface area (Å²) in [6, 6.07) is 14.1. The van der Waals surface area contributed by atoms with Gasteiger partial charge in [0.05, 0.1) is 17.8 Å². The Morgan fingerprint density at radius 1 is 1.17 bits per heavy atom. The van der Waals surface area contributed by atoms with Gasteiger partial charge < -0.3 is 5.32 Å². The molecule has 0 bridgehead atoms. The van der Waals surface area contributed by atoms with Crippen LogP contribution in [0, 0.1) is 0 Å². The van der Waals surface area contributed by atoms with E-state index in [9.17, 15) is 0 Å². The smallest absolute Gasteiger partial charge is 0.179 e. The minimum absolute atomic E-state index is 0.588. The molecule has 4 aromatic rings. The van der Waals surface area contributed by atoms with Crippen molar-refractivity contribution < 1.29 is 0 Å². The van der Waals surface area contributed by atoms with Crippen LogP contribution in [-0.4, -0.2) is 38.7 Å². The van der Waals surface area contributed by atoms with Gasteiger partial charge in [0.1, 0.15) is 11.3 Å². The molecule has 0 atom stereocenters. The molecule has 0 radical (unpaired) electrons. The summed E-state index contributed by atoms with van der Waals surface area (Å²) < 4.78 is 1.82. The summed E-state index contributed by atoms with van der Waals surface area (Å²) in [4.78, 5) is 13.1. The van der Waals surface area contributed by atoms with Gasteiger partial charge in [0, 0.05) is 18.6 Å². The van der Waals surface area contributed by atoms with Gasteiger partial charge in [-0.2, -0.15) is 0 Å². The number of fused-ring (bicyclic) bond motifs is 2. The highest BCUT2D eigenvalue weighted by Gasteiger charge is 2.09. The van der Waals surface area contributed by atoms with Crippen molar-refractivity contribution in [2.75, 3.05) is 7.05 Å². The third kappa shape index (κ3) is 3.89. The van der Waals surface area contributed by atoms with Crippen LogP contribution in [0.25, 0.3) is 27.6 Å². The Labute approximate surface area is 168 Å². The van der Waals surface area contributed by atoms with Gasteiger partial charge in [0.2, 0.25) is 0 Å². The van der Waals surface area contributed by atoms with Crippen LogP contribution in [0.15, 0.2) is 71.6 Å². The van der Waals surface area contributed by atoms with Gasteiger partial charge in [0.25, 0.3) is 0 Å². The first kappa shape index (κ1) is 18.5. The van der Waals surface area contributed by atoms with E-state index in [-0.39, 0.29) is 0 Å². The highest BCUT2D eigenvalue weighted by Crippen LogP contribution is 2.18. The Morgan fingerprint density at radius 2 is 2.03 bits per heavy atom. The maximum atomic E-state index is 4.78. The van der Waals surface area contributed by atoms with E-state index in [1.165, 1.54) is 0 Å². The monoisotopic (exact) mass is 383 g/mol. The Balaban J connectivity index is 1.67. The number of aliphatic imine (C=N–C) groups is 1. The molecule has 0 fully saturated rings. The second-order valence-electron chi connectivity index (χ2n) is 6.63. The van der Waals surface area contributed by atoms with Crippen molar-refractivity contribution in [2.24, 2.45) is 4.99 Å². The Hall–Kier alpha value is -3.87. The number of aromatic nitrogens is 5. The molecular weight excluding hydrogens is 362 g/mol. The van der Waals surface area contributed by atoms with Gasteiger partial charge in [-0.3, -0.25) is 4.98 Å². The summed E-state index contributed by atoms with van der Waals surface area (Å²) in [5.74, 6) is 0.697. The average Bonchev–Trinajstić information content (AvgIpc) is 3.16. The predicted octanol–water partition coefficient (Wildman–Crippen LogP) is 3.59. The molecule has 7 nitrogen and oxygen atoms in total. The van der Waals surface area contributed by atoms with Crippen molar-refractivity contribution in [3.63, 3.8) is 0 Å². The first-order chi connectivity index (χ1) is 14.2. The molecule has 29 heavy (non-hydrogen) atoms. The summed E-state index contributed by atoms with van der Waals surface area (Å²) >= 11 is 0. The van der Waals surface area contributed by atoms with E-state index >= 15 is 0 Å². The van der Waals surface area contributed by atoms with Crippen molar-refractivity contribution in [2.45, 2.75) is 13.5 Å². The van der Waals surface area contributed by atoms with Gasteiger partial charge in [0.15, 0.2) is 5.65 Å². The molecule has 3 heterocycles. The minimum Gasteiger partial charge on any atom is -0.373 e. The normalized spacial score (nSPS) is 12.5. The summed E-state index contributed by atoms with van der Waals surface area (Å²) in [6.45, 7) is 6.13. The standard InChI is InChI=1S/C22H21N7/c1-15(6-11-21(23-2)24-3)18-9-10-20-22(26-18)29(28-27-20)14-16-7-8-19-17(13-16)5-4-12-25-19/h4-13,24H,2,14H2,1,3H3/b15-6+,21-11+. The quantitative estimate of drug-likeness (QED) is 0.406. The molecular formula is C22H21N7. The van der Waals surface area contributed by atoms with Crippen LogP contribution < -0.4 is 5.32 Å². The summed E-state index contributed by atoms with van der Waals surface area (Å²) in [5.41, 5.74) is 5.48. The Kier molecular flexibility index (Phi) is 5.11. The Morgan fingerprint density at radius 3 is 2.86 bits per heavy atom. The van der Waals surface area contributed by atoms with E-state index in [4.69, 9.17) is 4.98 Å². The fraction of sp³-hybridized carbons (Fsp3) is 0.136. The molecule has 4 rings (SSSR count). The maximum absolute atomic E-state index is 4.78. The highest BCUT2D eigenvalue weighted by atomic mass is 15.4. The Bertz CT molecular complexity index is 1250. The van der Waals surface area contributed by atoms with Crippen LogP contribution in [0.1, 0.15) is 18.2 Å². The first-order valence-electron chi connectivity index (χ1n) is 9.25. The third-order valence-electron chi connectivity index (χ3n) is 4.68. The molecule has 0 amide bonds.